The lowest BCUT2D eigenvalue weighted by atomic mass is 9.94. The van der Waals surface area contributed by atoms with Crippen molar-refractivity contribution in [2.24, 2.45) is 5.41 Å². The van der Waals surface area contributed by atoms with Crippen LogP contribution in [-0.4, -0.2) is 22.1 Å². The SMILES string of the molecule is CC(C)(C)S[C@H]1CCCC[C@@H]1OC(=O)C(C)(C)C. The number of rotatable bonds is 2. The zero-order valence-corrected chi connectivity index (χ0v) is 13.5. The van der Waals surface area contributed by atoms with Crippen molar-refractivity contribution in [2.45, 2.75) is 83.3 Å². The van der Waals surface area contributed by atoms with Crippen LogP contribution in [0.4, 0.5) is 0 Å². The van der Waals surface area contributed by atoms with E-state index >= 15 is 0 Å². The molecule has 1 aliphatic carbocycles. The number of thioether (sulfide) groups is 1. The van der Waals surface area contributed by atoms with E-state index in [2.05, 4.69) is 20.8 Å². The summed E-state index contributed by atoms with van der Waals surface area (Å²) in [4.78, 5) is 12.0. The molecule has 1 fully saturated rings. The summed E-state index contributed by atoms with van der Waals surface area (Å²) in [7, 11) is 0. The van der Waals surface area contributed by atoms with Crippen molar-refractivity contribution in [2.75, 3.05) is 0 Å². The molecule has 106 valence electrons. The molecule has 3 heteroatoms. The van der Waals surface area contributed by atoms with Crippen LogP contribution < -0.4 is 0 Å². The predicted molar refractivity (Wildman–Crippen MR) is 78.9 cm³/mol. The van der Waals surface area contributed by atoms with Crippen molar-refractivity contribution in [1.82, 2.24) is 0 Å². The van der Waals surface area contributed by atoms with Gasteiger partial charge in [0.2, 0.25) is 0 Å². The van der Waals surface area contributed by atoms with Crippen LogP contribution in [0, 0.1) is 5.41 Å². The molecule has 0 heterocycles. The van der Waals surface area contributed by atoms with Crippen LogP contribution in [-0.2, 0) is 9.53 Å². The molecular weight excluding hydrogens is 244 g/mol. The fraction of sp³-hybridized carbons (Fsp3) is 0.933. The van der Waals surface area contributed by atoms with Gasteiger partial charge in [0.25, 0.3) is 0 Å². The lowest BCUT2D eigenvalue weighted by Gasteiger charge is -2.36. The number of hydrogen-bond donors (Lipinski definition) is 0. The van der Waals surface area contributed by atoms with Crippen molar-refractivity contribution in [3.05, 3.63) is 0 Å². The summed E-state index contributed by atoms with van der Waals surface area (Å²) in [6.07, 6.45) is 4.75. The van der Waals surface area contributed by atoms with Gasteiger partial charge in [-0.2, -0.15) is 0 Å². The number of carbonyl (C=O) groups excluding carboxylic acids is 1. The Morgan fingerprint density at radius 3 is 2.11 bits per heavy atom. The second-order valence-corrected chi connectivity index (χ2v) is 9.31. The van der Waals surface area contributed by atoms with Gasteiger partial charge in [0.15, 0.2) is 0 Å². The van der Waals surface area contributed by atoms with Gasteiger partial charge in [-0.15, -0.1) is 11.8 Å². The quantitative estimate of drug-likeness (QED) is 0.696. The van der Waals surface area contributed by atoms with Gasteiger partial charge in [-0.05, 0) is 40.0 Å². The van der Waals surface area contributed by atoms with Crippen LogP contribution in [0.3, 0.4) is 0 Å². The van der Waals surface area contributed by atoms with E-state index in [0.29, 0.717) is 5.25 Å². The molecular formula is C15H28O2S. The highest BCUT2D eigenvalue weighted by molar-refractivity contribution is 8.01. The average Bonchev–Trinajstić information content (AvgIpc) is 2.17. The van der Waals surface area contributed by atoms with Crippen LogP contribution in [0.5, 0.6) is 0 Å². The molecule has 0 spiro atoms. The number of hydrogen-bond acceptors (Lipinski definition) is 3. The van der Waals surface area contributed by atoms with Gasteiger partial charge >= 0.3 is 5.97 Å². The van der Waals surface area contributed by atoms with Gasteiger partial charge in [-0.3, -0.25) is 4.79 Å². The van der Waals surface area contributed by atoms with Crippen LogP contribution in [0.25, 0.3) is 0 Å². The summed E-state index contributed by atoms with van der Waals surface area (Å²) in [6, 6.07) is 0. The first-order valence-corrected chi connectivity index (χ1v) is 7.86. The monoisotopic (exact) mass is 272 g/mol. The summed E-state index contributed by atoms with van der Waals surface area (Å²) < 4.78 is 5.99. The molecule has 0 N–H and O–H groups in total. The van der Waals surface area contributed by atoms with Crippen molar-refractivity contribution in [3.8, 4) is 0 Å². The molecule has 1 saturated carbocycles. The van der Waals surface area contributed by atoms with Gasteiger partial charge in [-0.25, -0.2) is 0 Å². The molecule has 1 aliphatic rings. The minimum atomic E-state index is -0.394. The van der Waals surface area contributed by atoms with Gasteiger partial charge < -0.3 is 4.74 Å². The number of esters is 1. The minimum Gasteiger partial charge on any atom is -0.461 e. The van der Waals surface area contributed by atoms with E-state index in [1.807, 2.05) is 32.5 Å². The zero-order valence-electron chi connectivity index (χ0n) is 12.7. The molecule has 0 amide bonds. The lowest BCUT2D eigenvalue weighted by molar-refractivity contribution is -0.159. The van der Waals surface area contributed by atoms with Gasteiger partial charge in [0.1, 0.15) is 6.10 Å². The zero-order chi connectivity index (χ0) is 14.0. The molecule has 2 atom stereocenters. The minimum absolute atomic E-state index is 0.0612. The summed E-state index contributed by atoms with van der Waals surface area (Å²) >= 11 is 1.96. The van der Waals surface area contributed by atoms with E-state index < -0.39 is 5.41 Å². The van der Waals surface area contributed by atoms with Gasteiger partial charge in [-0.1, -0.05) is 27.2 Å². The third-order valence-corrected chi connectivity index (χ3v) is 4.57. The largest absolute Gasteiger partial charge is 0.461 e. The predicted octanol–water partition coefficient (Wildman–Crippen LogP) is 4.42. The highest BCUT2D eigenvalue weighted by Crippen LogP contribution is 2.38. The fourth-order valence-electron chi connectivity index (χ4n) is 2.10. The van der Waals surface area contributed by atoms with E-state index in [1.54, 1.807) is 0 Å². The maximum absolute atomic E-state index is 12.0. The first-order valence-electron chi connectivity index (χ1n) is 6.98. The molecule has 2 nitrogen and oxygen atoms in total. The highest BCUT2D eigenvalue weighted by Gasteiger charge is 2.34. The van der Waals surface area contributed by atoms with Crippen molar-refractivity contribution in [3.63, 3.8) is 0 Å². The van der Waals surface area contributed by atoms with Crippen LogP contribution in [0.1, 0.15) is 67.2 Å². The molecule has 0 aromatic heterocycles. The molecule has 0 radical (unpaired) electrons. The van der Waals surface area contributed by atoms with Crippen molar-refractivity contribution < 1.29 is 9.53 Å². The van der Waals surface area contributed by atoms with E-state index in [9.17, 15) is 4.79 Å². The molecule has 0 bridgehead atoms. The third-order valence-electron chi connectivity index (χ3n) is 3.02. The fourth-order valence-corrected chi connectivity index (χ4v) is 3.64. The number of carbonyl (C=O) groups is 1. The molecule has 0 unspecified atom stereocenters. The van der Waals surface area contributed by atoms with Crippen molar-refractivity contribution >= 4 is 17.7 Å². The Balaban J connectivity index is 2.63. The van der Waals surface area contributed by atoms with E-state index in [-0.39, 0.29) is 16.8 Å². The summed E-state index contributed by atoms with van der Waals surface area (Å²) in [6.45, 7) is 12.5. The van der Waals surface area contributed by atoms with Crippen LogP contribution in [0.2, 0.25) is 0 Å². The Hall–Kier alpha value is -0.180. The molecule has 1 rings (SSSR count). The molecule has 0 aliphatic heterocycles. The van der Waals surface area contributed by atoms with E-state index in [1.165, 1.54) is 19.3 Å². The lowest BCUT2D eigenvalue weighted by Crippen LogP contribution is -2.37. The average molecular weight is 272 g/mol. The maximum Gasteiger partial charge on any atom is 0.311 e. The summed E-state index contributed by atoms with van der Waals surface area (Å²) in [5.74, 6) is -0.0612. The first kappa shape index (κ1) is 15.9. The first-order chi connectivity index (χ1) is 8.09. The Morgan fingerprint density at radius 2 is 1.61 bits per heavy atom. The van der Waals surface area contributed by atoms with Crippen molar-refractivity contribution in [1.29, 1.82) is 0 Å². The standard InChI is InChI=1S/C15H28O2S/c1-14(2,3)13(16)17-11-9-7-8-10-12(11)18-15(4,5)6/h11-12H,7-10H2,1-6H3/t11-,12-/m0/s1. The Labute approximate surface area is 116 Å². The van der Waals surface area contributed by atoms with Gasteiger partial charge in [0.05, 0.1) is 5.41 Å². The number of ether oxygens (including phenoxy) is 1. The third kappa shape index (κ3) is 5.21. The molecule has 0 saturated heterocycles. The molecule has 0 aromatic rings. The smallest absolute Gasteiger partial charge is 0.311 e. The highest BCUT2D eigenvalue weighted by atomic mass is 32.2. The second kappa shape index (κ2) is 5.85. The normalized spacial score (nSPS) is 25.9. The molecule has 18 heavy (non-hydrogen) atoms. The summed E-state index contributed by atoms with van der Waals surface area (Å²) in [5, 5.41) is 0.463. The maximum atomic E-state index is 12.0. The topological polar surface area (TPSA) is 26.3 Å². The van der Waals surface area contributed by atoms with E-state index in [0.717, 1.165) is 6.42 Å². The van der Waals surface area contributed by atoms with Crippen LogP contribution in [0.15, 0.2) is 0 Å². The Morgan fingerprint density at radius 1 is 1.06 bits per heavy atom. The summed E-state index contributed by atoms with van der Waals surface area (Å²) in [5.41, 5.74) is -0.394. The van der Waals surface area contributed by atoms with Gasteiger partial charge in [0, 0.05) is 10.00 Å². The van der Waals surface area contributed by atoms with Crippen LogP contribution >= 0.6 is 11.8 Å². The Bertz CT molecular complexity index is 286. The Kier molecular flexibility index (Phi) is 5.16. The van der Waals surface area contributed by atoms with E-state index in [4.69, 9.17) is 4.74 Å². The second-order valence-electron chi connectivity index (χ2n) is 7.25. The molecule has 0 aromatic carbocycles.